The van der Waals surface area contributed by atoms with Crippen LogP contribution in [0.3, 0.4) is 0 Å². The van der Waals surface area contributed by atoms with Gasteiger partial charge in [-0.3, -0.25) is 5.41 Å². The molecule has 0 aliphatic heterocycles. The summed E-state index contributed by atoms with van der Waals surface area (Å²) in [7, 11) is 1.67. The van der Waals surface area contributed by atoms with E-state index >= 15 is 0 Å². The monoisotopic (exact) mass is 166 g/mol. The Hall–Kier alpha value is -1.38. The summed E-state index contributed by atoms with van der Waals surface area (Å²) in [4.78, 5) is 1.50. The van der Waals surface area contributed by atoms with Crippen molar-refractivity contribution >= 4 is 11.5 Å². The van der Waals surface area contributed by atoms with Crippen LogP contribution in [0.5, 0.6) is 0 Å². The molecule has 2 nitrogen and oxygen atoms in total. The standard InChI is InChI=1S/C9H11FN2/c1-7(11)12(2)9-6-4-3-5-8(9)10/h3-6,11H,1-2H3. The van der Waals surface area contributed by atoms with E-state index in [0.29, 0.717) is 11.5 Å². The van der Waals surface area contributed by atoms with Gasteiger partial charge in [-0.05, 0) is 19.1 Å². The second kappa shape index (κ2) is 3.34. The van der Waals surface area contributed by atoms with Gasteiger partial charge in [-0.25, -0.2) is 4.39 Å². The summed E-state index contributed by atoms with van der Waals surface area (Å²) >= 11 is 0. The molecular formula is C9H11FN2. The number of benzene rings is 1. The second-order valence-corrected chi connectivity index (χ2v) is 2.60. The van der Waals surface area contributed by atoms with E-state index in [9.17, 15) is 4.39 Å². The lowest BCUT2D eigenvalue weighted by atomic mass is 10.3. The Morgan fingerprint density at radius 1 is 1.42 bits per heavy atom. The summed E-state index contributed by atoms with van der Waals surface area (Å²) in [6, 6.07) is 6.41. The molecule has 12 heavy (non-hydrogen) atoms. The van der Waals surface area contributed by atoms with Gasteiger partial charge in [0.1, 0.15) is 5.82 Å². The van der Waals surface area contributed by atoms with Gasteiger partial charge in [0, 0.05) is 7.05 Å². The van der Waals surface area contributed by atoms with E-state index in [2.05, 4.69) is 0 Å². The van der Waals surface area contributed by atoms with Gasteiger partial charge in [0.25, 0.3) is 0 Å². The highest BCUT2D eigenvalue weighted by molar-refractivity contribution is 5.93. The molecule has 0 amide bonds. The van der Waals surface area contributed by atoms with Crippen LogP contribution in [0.15, 0.2) is 24.3 Å². The van der Waals surface area contributed by atoms with Crippen LogP contribution in [-0.4, -0.2) is 12.9 Å². The summed E-state index contributed by atoms with van der Waals surface area (Å²) in [5.41, 5.74) is 0.435. The third-order valence-corrected chi connectivity index (χ3v) is 1.72. The first kappa shape index (κ1) is 8.71. The molecule has 0 fully saturated rings. The first-order chi connectivity index (χ1) is 5.63. The van der Waals surface area contributed by atoms with E-state index < -0.39 is 0 Å². The lowest BCUT2D eigenvalue weighted by molar-refractivity contribution is 0.628. The fourth-order valence-electron chi connectivity index (χ4n) is 0.904. The van der Waals surface area contributed by atoms with Crippen LogP contribution < -0.4 is 4.90 Å². The summed E-state index contributed by atoms with van der Waals surface area (Å²) < 4.78 is 13.1. The second-order valence-electron chi connectivity index (χ2n) is 2.60. The van der Waals surface area contributed by atoms with Gasteiger partial charge in [-0.2, -0.15) is 0 Å². The molecule has 0 unspecified atom stereocenters. The quantitative estimate of drug-likeness (QED) is 0.502. The number of halogens is 1. The first-order valence-corrected chi connectivity index (χ1v) is 3.66. The zero-order chi connectivity index (χ0) is 9.14. The zero-order valence-electron chi connectivity index (χ0n) is 7.13. The molecule has 0 aromatic heterocycles. The van der Waals surface area contributed by atoms with Gasteiger partial charge < -0.3 is 4.90 Å². The average Bonchev–Trinajstić information content (AvgIpc) is 2.04. The lowest BCUT2D eigenvalue weighted by Crippen LogP contribution is -2.23. The summed E-state index contributed by atoms with van der Waals surface area (Å²) in [6.45, 7) is 1.62. The molecule has 0 atom stereocenters. The van der Waals surface area contributed by atoms with Crippen molar-refractivity contribution in [1.29, 1.82) is 5.41 Å². The Bertz CT molecular complexity index is 296. The predicted molar refractivity (Wildman–Crippen MR) is 48.2 cm³/mol. The molecule has 1 aromatic carbocycles. The SMILES string of the molecule is CC(=N)N(C)c1ccccc1F. The molecular weight excluding hydrogens is 155 g/mol. The molecule has 3 heteroatoms. The normalized spacial score (nSPS) is 9.58. The zero-order valence-corrected chi connectivity index (χ0v) is 7.13. The molecule has 1 N–H and O–H groups in total. The van der Waals surface area contributed by atoms with Crippen LogP contribution in [0.25, 0.3) is 0 Å². The van der Waals surface area contributed by atoms with Crippen molar-refractivity contribution in [3.05, 3.63) is 30.1 Å². The fourth-order valence-corrected chi connectivity index (χ4v) is 0.904. The summed E-state index contributed by atoms with van der Waals surface area (Å²) in [6.07, 6.45) is 0. The molecule has 0 aliphatic carbocycles. The molecule has 0 saturated carbocycles. The number of nitrogens with zero attached hydrogens (tertiary/aromatic N) is 1. The third kappa shape index (κ3) is 1.61. The molecule has 0 saturated heterocycles. The number of hydrogen-bond donors (Lipinski definition) is 1. The Labute approximate surface area is 71.1 Å². The van der Waals surface area contributed by atoms with Gasteiger partial charge in [0.15, 0.2) is 0 Å². The summed E-state index contributed by atoms with van der Waals surface area (Å²) in [5.74, 6) is 0.0201. The van der Waals surface area contributed by atoms with Crippen molar-refractivity contribution in [2.24, 2.45) is 0 Å². The van der Waals surface area contributed by atoms with Gasteiger partial charge in [0.2, 0.25) is 0 Å². The van der Waals surface area contributed by atoms with Crippen molar-refractivity contribution in [2.75, 3.05) is 11.9 Å². The molecule has 0 aliphatic rings. The minimum absolute atomic E-state index is 0.299. The smallest absolute Gasteiger partial charge is 0.146 e. The van der Waals surface area contributed by atoms with Gasteiger partial charge in [0.05, 0.1) is 11.5 Å². The number of amidine groups is 1. The Morgan fingerprint density at radius 2 is 2.00 bits per heavy atom. The van der Waals surface area contributed by atoms with Crippen molar-refractivity contribution in [3.63, 3.8) is 0 Å². The average molecular weight is 166 g/mol. The van der Waals surface area contributed by atoms with Crippen molar-refractivity contribution in [1.82, 2.24) is 0 Å². The van der Waals surface area contributed by atoms with E-state index in [0.717, 1.165) is 0 Å². The van der Waals surface area contributed by atoms with Crippen molar-refractivity contribution in [2.45, 2.75) is 6.92 Å². The Morgan fingerprint density at radius 3 is 2.50 bits per heavy atom. The van der Waals surface area contributed by atoms with E-state index in [1.807, 2.05) is 0 Å². The minimum atomic E-state index is -0.299. The van der Waals surface area contributed by atoms with Crippen LogP contribution in [-0.2, 0) is 0 Å². The largest absolute Gasteiger partial charge is 0.331 e. The van der Waals surface area contributed by atoms with Crippen LogP contribution in [0.2, 0.25) is 0 Å². The number of rotatable bonds is 1. The van der Waals surface area contributed by atoms with Crippen LogP contribution in [0, 0.1) is 11.2 Å². The number of hydrogen-bond acceptors (Lipinski definition) is 1. The molecule has 0 spiro atoms. The highest BCUT2D eigenvalue weighted by Gasteiger charge is 2.06. The highest BCUT2D eigenvalue weighted by Crippen LogP contribution is 2.16. The van der Waals surface area contributed by atoms with Crippen LogP contribution >= 0.6 is 0 Å². The molecule has 0 radical (unpaired) electrons. The number of nitrogens with one attached hydrogen (secondary N) is 1. The maximum Gasteiger partial charge on any atom is 0.146 e. The fraction of sp³-hybridized carbons (Fsp3) is 0.222. The van der Waals surface area contributed by atoms with Crippen LogP contribution in [0.1, 0.15) is 6.92 Å². The third-order valence-electron chi connectivity index (χ3n) is 1.72. The minimum Gasteiger partial charge on any atom is -0.331 e. The Balaban J connectivity index is 3.02. The van der Waals surface area contributed by atoms with E-state index in [-0.39, 0.29) is 5.82 Å². The lowest BCUT2D eigenvalue weighted by Gasteiger charge is -2.17. The Kier molecular flexibility index (Phi) is 2.43. The summed E-state index contributed by atoms with van der Waals surface area (Å²) in [5, 5.41) is 7.29. The first-order valence-electron chi connectivity index (χ1n) is 3.66. The molecule has 64 valence electrons. The van der Waals surface area contributed by atoms with E-state index in [1.165, 1.54) is 11.0 Å². The molecule has 1 aromatic rings. The number of anilines is 1. The van der Waals surface area contributed by atoms with E-state index in [4.69, 9.17) is 5.41 Å². The van der Waals surface area contributed by atoms with Crippen LogP contribution in [0.4, 0.5) is 10.1 Å². The molecule has 0 heterocycles. The van der Waals surface area contributed by atoms with Gasteiger partial charge >= 0.3 is 0 Å². The van der Waals surface area contributed by atoms with Gasteiger partial charge in [-0.15, -0.1) is 0 Å². The molecule has 0 bridgehead atoms. The predicted octanol–water partition coefficient (Wildman–Crippen LogP) is 2.26. The highest BCUT2D eigenvalue weighted by atomic mass is 19.1. The molecule has 1 rings (SSSR count). The van der Waals surface area contributed by atoms with Crippen molar-refractivity contribution in [3.8, 4) is 0 Å². The van der Waals surface area contributed by atoms with E-state index in [1.54, 1.807) is 32.2 Å². The topological polar surface area (TPSA) is 27.1 Å². The van der Waals surface area contributed by atoms with Crippen molar-refractivity contribution < 1.29 is 4.39 Å². The number of para-hydroxylation sites is 1. The maximum atomic E-state index is 13.1. The maximum absolute atomic E-state index is 13.1. The van der Waals surface area contributed by atoms with Gasteiger partial charge in [-0.1, -0.05) is 12.1 Å².